The van der Waals surface area contributed by atoms with E-state index in [9.17, 15) is 4.57 Å². The molecule has 0 radical (unpaired) electrons. The van der Waals surface area contributed by atoms with Gasteiger partial charge in [0.25, 0.3) is 0 Å². The maximum atomic E-state index is 12.2. The molecule has 0 rings (SSSR count). The van der Waals surface area contributed by atoms with Crippen LogP contribution in [0, 0.1) is 0 Å². The largest absolute Gasteiger partial charge is 0.475 e. The van der Waals surface area contributed by atoms with E-state index >= 15 is 0 Å². The topological polar surface area (TPSA) is 85.2 Å². The molecule has 0 aliphatic rings. The van der Waals surface area contributed by atoms with Crippen molar-refractivity contribution in [3.05, 3.63) is 0 Å². The summed E-state index contributed by atoms with van der Waals surface area (Å²) in [6.45, 7) is 4.02. The van der Waals surface area contributed by atoms with Gasteiger partial charge >= 0.3 is 7.82 Å². The molecule has 3 unspecified atom stereocenters. The van der Waals surface area contributed by atoms with Crippen LogP contribution in [0.3, 0.4) is 0 Å². The van der Waals surface area contributed by atoms with Crippen molar-refractivity contribution in [3.8, 4) is 0 Å². The van der Waals surface area contributed by atoms with Crippen LogP contribution in [0.5, 0.6) is 0 Å². The van der Waals surface area contributed by atoms with Gasteiger partial charge in [-0.15, -0.1) is 11.6 Å². The Balaban J connectivity index is 4.62. The van der Waals surface area contributed by atoms with E-state index in [0.717, 1.165) is 0 Å². The van der Waals surface area contributed by atoms with Crippen LogP contribution < -0.4 is 0 Å². The van der Waals surface area contributed by atoms with E-state index in [1.165, 1.54) is 13.8 Å². The Bertz CT molecular complexity index is 214. The van der Waals surface area contributed by atoms with Crippen molar-refractivity contribution in [2.45, 2.75) is 39.1 Å². The third kappa shape index (κ3) is 7.36. The van der Waals surface area contributed by atoms with E-state index in [2.05, 4.69) is 0 Å². The van der Waals surface area contributed by atoms with Gasteiger partial charge in [0.1, 0.15) is 0 Å². The Morgan fingerprint density at radius 1 is 1.00 bits per heavy atom. The molecule has 104 valence electrons. The summed E-state index contributed by atoms with van der Waals surface area (Å²) in [5, 5.41) is 17.7. The molecular weight excluding hydrogens is 271 g/mol. The van der Waals surface area contributed by atoms with Gasteiger partial charge in [-0.25, -0.2) is 4.57 Å². The minimum absolute atomic E-state index is 0.123. The Kier molecular flexibility index (Phi) is 8.59. The third-order valence-corrected chi connectivity index (χ3v) is 3.95. The van der Waals surface area contributed by atoms with Crippen LogP contribution in [0.2, 0.25) is 0 Å². The number of phosphoric acid groups is 1. The molecule has 0 aromatic rings. The normalized spacial score (nSPS) is 20.6. The quantitative estimate of drug-likeness (QED) is 0.495. The maximum Gasteiger partial charge on any atom is 0.475 e. The molecule has 0 spiro atoms. The zero-order chi connectivity index (χ0) is 13.5. The smallest absolute Gasteiger partial charge is 0.394 e. The van der Waals surface area contributed by atoms with Gasteiger partial charge in [0.15, 0.2) is 0 Å². The molecule has 0 fully saturated rings. The van der Waals surface area contributed by atoms with Gasteiger partial charge < -0.3 is 10.2 Å². The lowest BCUT2D eigenvalue weighted by Gasteiger charge is -2.25. The summed E-state index contributed by atoms with van der Waals surface area (Å²) >= 11 is 5.54. The lowest BCUT2D eigenvalue weighted by atomic mass is 10.5. The first-order valence-corrected chi connectivity index (χ1v) is 7.29. The zero-order valence-electron chi connectivity index (χ0n) is 10.2. The molecule has 0 aliphatic heterocycles. The lowest BCUT2D eigenvalue weighted by Crippen LogP contribution is -2.21. The van der Waals surface area contributed by atoms with Crippen molar-refractivity contribution in [3.63, 3.8) is 0 Å². The van der Waals surface area contributed by atoms with E-state index in [0.29, 0.717) is 0 Å². The van der Waals surface area contributed by atoms with Gasteiger partial charge in [-0.3, -0.25) is 13.6 Å². The second kappa shape index (κ2) is 8.43. The summed E-state index contributed by atoms with van der Waals surface area (Å²) in [5.41, 5.74) is 0. The highest BCUT2D eigenvalue weighted by Gasteiger charge is 2.33. The Hall–Kier alpha value is 0.320. The minimum atomic E-state index is -3.84. The number of phosphoric ester groups is 1. The number of hydrogen-bond donors (Lipinski definition) is 2. The van der Waals surface area contributed by atoms with Gasteiger partial charge in [-0.1, -0.05) is 0 Å². The predicted octanol–water partition coefficient (Wildman–Crippen LogP) is 1.53. The molecule has 8 heteroatoms. The van der Waals surface area contributed by atoms with Crippen LogP contribution in [0.15, 0.2) is 0 Å². The SMILES string of the molecule is CC(CO)OP(=O)(OC(C)CO)OC(C)CCl. The van der Waals surface area contributed by atoms with E-state index < -0.39 is 26.1 Å². The first-order chi connectivity index (χ1) is 7.86. The predicted molar refractivity (Wildman–Crippen MR) is 64.1 cm³/mol. The molecule has 0 saturated carbocycles. The first kappa shape index (κ1) is 17.3. The van der Waals surface area contributed by atoms with Crippen molar-refractivity contribution >= 4 is 19.4 Å². The second-order valence-corrected chi connectivity index (χ2v) is 5.55. The summed E-state index contributed by atoms with van der Waals surface area (Å²) in [5.74, 6) is 0.123. The fraction of sp³-hybridized carbons (Fsp3) is 1.00. The Morgan fingerprint density at radius 2 is 1.35 bits per heavy atom. The number of hydrogen-bond acceptors (Lipinski definition) is 6. The van der Waals surface area contributed by atoms with Crippen molar-refractivity contribution in [2.75, 3.05) is 19.1 Å². The highest BCUT2D eigenvalue weighted by Crippen LogP contribution is 2.52. The number of halogens is 1. The van der Waals surface area contributed by atoms with E-state index in [4.69, 9.17) is 35.4 Å². The van der Waals surface area contributed by atoms with Gasteiger partial charge in [0, 0.05) is 5.88 Å². The fourth-order valence-electron chi connectivity index (χ4n) is 0.831. The minimum Gasteiger partial charge on any atom is -0.394 e. The monoisotopic (exact) mass is 290 g/mol. The molecule has 2 N–H and O–H groups in total. The number of aliphatic hydroxyl groups is 2. The van der Waals surface area contributed by atoms with E-state index in [1.807, 2.05) is 0 Å². The average molecular weight is 291 g/mol. The molecule has 3 atom stereocenters. The van der Waals surface area contributed by atoms with E-state index in [1.54, 1.807) is 6.92 Å². The molecule has 0 saturated heterocycles. The van der Waals surface area contributed by atoms with Crippen LogP contribution in [0.1, 0.15) is 20.8 Å². The molecule has 0 heterocycles. The molecule has 17 heavy (non-hydrogen) atoms. The van der Waals surface area contributed by atoms with Crippen molar-refractivity contribution in [2.24, 2.45) is 0 Å². The van der Waals surface area contributed by atoms with Crippen LogP contribution in [0.25, 0.3) is 0 Å². The van der Waals surface area contributed by atoms with Gasteiger partial charge in [0.2, 0.25) is 0 Å². The van der Waals surface area contributed by atoms with Crippen molar-refractivity contribution < 1.29 is 28.3 Å². The van der Waals surface area contributed by atoms with Gasteiger partial charge in [-0.05, 0) is 20.8 Å². The molecule has 6 nitrogen and oxygen atoms in total. The number of alkyl halides is 1. The average Bonchev–Trinajstić information content (AvgIpc) is 2.27. The van der Waals surface area contributed by atoms with Crippen molar-refractivity contribution in [1.29, 1.82) is 0 Å². The van der Waals surface area contributed by atoms with Crippen LogP contribution in [-0.2, 0) is 18.1 Å². The molecule has 0 aromatic carbocycles. The molecule has 0 bridgehead atoms. The second-order valence-electron chi connectivity index (χ2n) is 3.71. The molecule has 0 aromatic heterocycles. The van der Waals surface area contributed by atoms with E-state index in [-0.39, 0.29) is 19.1 Å². The molecule has 0 amide bonds. The fourth-order valence-corrected chi connectivity index (χ4v) is 2.66. The standard InChI is InChI=1S/C9H20ClO6P/c1-7(4-10)14-17(13,15-8(2)5-11)16-9(3)6-12/h7-9,11-12H,4-6H2,1-3H3. The Labute approximate surface area is 106 Å². The first-order valence-electron chi connectivity index (χ1n) is 5.29. The summed E-state index contributed by atoms with van der Waals surface area (Å²) in [6.07, 6.45) is -1.93. The Morgan fingerprint density at radius 3 is 1.65 bits per heavy atom. The third-order valence-electron chi connectivity index (χ3n) is 1.66. The lowest BCUT2D eigenvalue weighted by molar-refractivity contribution is 0.0175. The van der Waals surface area contributed by atoms with Gasteiger partial charge in [0.05, 0.1) is 31.5 Å². The number of aliphatic hydroxyl groups excluding tert-OH is 2. The van der Waals surface area contributed by atoms with Crippen LogP contribution in [-0.4, -0.2) is 47.6 Å². The maximum absolute atomic E-state index is 12.2. The summed E-state index contributed by atoms with van der Waals surface area (Å²) in [7, 11) is -3.84. The molecular formula is C9H20ClO6P. The van der Waals surface area contributed by atoms with Crippen LogP contribution >= 0.6 is 19.4 Å². The van der Waals surface area contributed by atoms with Crippen molar-refractivity contribution in [1.82, 2.24) is 0 Å². The zero-order valence-corrected chi connectivity index (χ0v) is 11.9. The van der Waals surface area contributed by atoms with Gasteiger partial charge in [-0.2, -0.15) is 0 Å². The molecule has 0 aliphatic carbocycles. The highest BCUT2D eigenvalue weighted by atomic mass is 35.5. The summed E-state index contributed by atoms with van der Waals surface area (Å²) in [4.78, 5) is 0. The summed E-state index contributed by atoms with van der Waals surface area (Å²) in [6, 6.07) is 0. The number of rotatable bonds is 9. The highest BCUT2D eigenvalue weighted by molar-refractivity contribution is 7.48. The summed E-state index contributed by atoms with van der Waals surface area (Å²) < 4.78 is 27.3. The van der Waals surface area contributed by atoms with Crippen LogP contribution in [0.4, 0.5) is 0 Å².